The molecule has 0 aliphatic carbocycles. The van der Waals surface area contributed by atoms with Crippen molar-refractivity contribution in [2.24, 2.45) is 0 Å². The maximum atomic E-state index is 6.80. The highest BCUT2D eigenvalue weighted by Gasteiger charge is 2.19. The fourth-order valence-electron chi connectivity index (χ4n) is 7.91. The largest absolute Gasteiger partial charge is 0.455 e. The highest BCUT2D eigenvalue weighted by atomic mass is 16.3. The van der Waals surface area contributed by atoms with E-state index >= 15 is 0 Å². The van der Waals surface area contributed by atoms with Crippen LogP contribution in [0.3, 0.4) is 0 Å². The zero-order valence-electron chi connectivity index (χ0n) is 29.0. The van der Waals surface area contributed by atoms with E-state index in [1.165, 1.54) is 27.1 Å². The van der Waals surface area contributed by atoms with Crippen LogP contribution in [-0.2, 0) is 0 Å². The summed E-state index contributed by atoms with van der Waals surface area (Å²) >= 11 is 0. The van der Waals surface area contributed by atoms with Gasteiger partial charge in [-0.2, -0.15) is 0 Å². The van der Waals surface area contributed by atoms with Crippen LogP contribution in [0.5, 0.6) is 0 Å². The third-order valence-electron chi connectivity index (χ3n) is 10.4. The Kier molecular flexibility index (Phi) is 6.79. The Morgan fingerprint density at radius 3 is 1.74 bits per heavy atom. The molecule has 0 unspecified atom stereocenters. The minimum Gasteiger partial charge on any atom is -0.455 e. The summed E-state index contributed by atoms with van der Waals surface area (Å²) in [6.07, 6.45) is 0. The topological polar surface area (TPSA) is 56.7 Å². The van der Waals surface area contributed by atoms with E-state index < -0.39 is 0 Å². The summed E-state index contributed by atoms with van der Waals surface area (Å²) in [5.41, 5.74) is 9.96. The molecule has 0 aliphatic rings. The van der Waals surface area contributed by atoms with Gasteiger partial charge in [0.1, 0.15) is 11.2 Å². The molecule has 5 heteroatoms. The SMILES string of the molecule is c1ccc(-c2nc(-c3ccccc3)nc(-c3ccc4c(c3)oc3c(-c5ccc6c7c8ccccc8ccc7n(-c7ccccc7)c6c5)cccc34)n2)cc1. The Hall–Kier alpha value is -7.37. The Morgan fingerprint density at radius 1 is 0.389 bits per heavy atom. The molecular formula is C49H30N4O. The van der Waals surface area contributed by atoms with Gasteiger partial charge in [0.25, 0.3) is 0 Å². The van der Waals surface area contributed by atoms with Crippen molar-refractivity contribution in [2.45, 2.75) is 0 Å². The van der Waals surface area contributed by atoms with E-state index in [0.717, 1.165) is 61.0 Å². The molecule has 0 aliphatic heterocycles. The first kappa shape index (κ1) is 30.3. The number of fused-ring (bicyclic) bond motifs is 8. The van der Waals surface area contributed by atoms with Crippen LogP contribution in [0, 0.1) is 0 Å². The van der Waals surface area contributed by atoms with E-state index in [1.807, 2.05) is 60.7 Å². The average molecular weight is 691 g/mol. The first-order valence-corrected chi connectivity index (χ1v) is 18.1. The molecule has 11 rings (SSSR count). The second kappa shape index (κ2) is 12.1. The monoisotopic (exact) mass is 690 g/mol. The maximum absolute atomic E-state index is 6.80. The summed E-state index contributed by atoms with van der Waals surface area (Å²) in [4.78, 5) is 14.8. The molecule has 0 fully saturated rings. The number of hydrogen-bond acceptors (Lipinski definition) is 4. The third-order valence-corrected chi connectivity index (χ3v) is 10.4. The van der Waals surface area contributed by atoms with Crippen LogP contribution in [0.1, 0.15) is 0 Å². The van der Waals surface area contributed by atoms with Crippen molar-refractivity contribution >= 4 is 54.5 Å². The second-order valence-corrected chi connectivity index (χ2v) is 13.6. The Balaban J connectivity index is 1.09. The second-order valence-electron chi connectivity index (χ2n) is 13.6. The van der Waals surface area contributed by atoms with E-state index in [2.05, 4.69) is 126 Å². The summed E-state index contributed by atoms with van der Waals surface area (Å²) in [7, 11) is 0. The molecule has 0 amide bonds. The van der Waals surface area contributed by atoms with Crippen molar-refractivity contribution in [3.63, 3.8) is 0 Å². The number of nitrogens with zero attached hydrogens (tertiary/aromatic N) is 4. The Bertz CT molecular complexity index is 3140. The highest BCUT2D eigenvalue weighted by Crippen LogP contribution is 2.41. The number of furan rings is 1. The predicted molar refractivity (Wildman–Crippen MR) is 221 cm³/mol. The molecule has 8 aromatic carbocycles. The molecule has 0 N–H and O–H groups in total. The molecule has 3 aromatic heterocycles. The van der Waals surface area contributed by atoms with Crippen LogP contribution in [0.2, 0.25) is 0 Å². The Labute approximate surface area is 310 Å². The van der Waals surface area contributed by atoms with E-state index in [0.29, 0.717) is 17.5 Å². The number of hydrogen-bond donors (Lipinski definition) is 0. The molecule has 0 spiro atoms. The quantitative estimate of drug-likeness (QED) is 0.180. The lowest BCUT2D eigenvalue weighted by Crippen LogP contribution is -2.00. The van der Waals surface area contributed by atoms with E-state index in [1.54, 1.807) is 0 Å². The van der Waals surface area contributed by atoms with Gasteiger partial charge in [0.2, 0.25) is 0 Å². The summed E-state index contributed by atoms with van der Waals surface area (Å²) < 4.78 is 9.18. The van der Waals surface area contributed by atoms with Gasteiger partial charge >= 0.3 is 0 Å². The van der Waals surface area contributed by atoms with E-state index in [4.69, 9.17) is 19.4 Å². The molecule has 0 saturated heterocycles. The minimum absolute atomic E-state index is 0.594. The first-order chi connectivity index (χ1) is 26.8. The smallest absolute Gasteiger partial charge is 0.164 e. The van der Waals surface area contributed by atoms with Crippen LogP contribution in [0.15, 0.2) is 186 Å². The van der Waals surface area contributed by atoms with Crippen molar-refractivity contribution in [3.05, 3.63) is 182 Å². The Morgan fingerprint density at radius 2 is 1.00 bits per heavy atom. The van der Waals surface area contributed by atoms with Gasteiger partial charge in [-0.25, -0.2) is 15.0 Å². The lowest BCUT2D eigenvalue weighted by atomic mass is 9.99. The molecule has 0 saturated carbocycles. The standard InChI is InChI=1S/C49H30N4O/c1-4-14-32(15-5-1)47-50-48(33-16-6-2-7-17-33)52-49(51-47)35-24-26-39-40-22-12-21-38(46(40)54-44(39)30-35)34-23-27-41-43(29-34)53(36-18-8-3-9-19-36)42-28-25-31-13-10-11-20-37(31)45(41)42/h1-30H. The van der Waals surface area contributed by atoms with Gasteiger partial charge in [0, 0.05) is 49.5 Å². The summed E-state index contributed by atoms with van der Waals surface area (Å²) in [5, 5.41) is 7.08. The van der Waals surface area contributed by atoms with Crippen molar-refractivity contribution in [2.75, 3.05) is 0 Å². The van der Waals surface area contributed by atoms with Gasteiger partial charge in [0.05, 0.1) is 11.0 Å². The van der Waals surface area contributed by atoms with Gasteiger partial charge in [-0.15, -0.1) is 0 Å². The van der Waals surface area contributed by atoms with Crippen LogP contribution >= 0.6 is 0 Å². The fourth-order valence-corrected chi connectivity index (χ4v) is 7.91. The van der Waals surface area contributed by atoms with Crippen LogP contribution in [0.25, 0.3) is 105 Å². The molecule has 5 nitrogen and oxygen atoms in total. The zero-order valence-corrected chi connectivity index (χ0v) is 29.0. The molecule has 54 heavy (non-hydrogen) atoms. The molecule has 0 bridgehead atoms. The van der Waals surface area contributed by atoms with Crippen LogP contribution in [-0.4, -0.2) is 19.5 Å². The fraction of sp³-hybridized carbons (Fsp3) is 0. The number of rotatable bonds is 5. The zero-order chi connectivity index (χ0) is 35.6. The predicted octanol–water partition coefficient (Wildman–Crippen LogP) is 12.7. The number of benzene rings is 8. The third kappa shape index (κ3) is 4.83. The lowest BCUT2D eigenvalue weighted by Gasteiger charge is -2.09. The molecule has 3 heterocycles. The van der Waals surface area contributed by atoms with Crippen molar-refractivity contribution in [1.29, 1.82) is 0 Å². The lowest BCUT2D eigenvalue weighted by molar-refractivity contribution is 0.670. The number of aromatic nitrogens is 4. The van der Waals surface area contributed by atoms with Gasteiger partial charge in [0.15, 0.2) is 17.5 Å². The van der Waals surface area contributed by atoms with Crippen molar-refractivity contribution in [1.82, 2.24) is 19.5 Å². The van der Waals surface area contributed by atoms with Crippen molar-refractivity contribution in [3.8, 4) is 51.0 Å². The molecule has 252 valence electrons. The van der Waals surface area contributed by atoms with Crippen molar-refractivity contribution < 1.29 is 4.42 Å². The number of para-hydroxylation sites is 2. The van der Waals surface area contributed by atoms with Gasteiger partial charge in [-0.05, 0) is 52.7 Å². The maximum Gasteiger partial charge on any atom is 0.164 e. The summed E-state index contributed by atoms with van der Waals surface area (Å²) in [6, 6.07) is 63.3. The van der Waals surface area contributed by atoms with Gasteiger partial charge < -0.3 is 8.98 Å². The average Bonchev–Trinajstić information content (AvgIpc) is 3.80. The summed E-state index contributed by atoms with van der Waals surface area (Å²) in [5.74, 6) is 1.85. The molecule has 0 radical (unpaired) electrons. The van der Waals surface area contributed by atoms with E-state index in [9.17, 15) is 0 Å². The highest BCUT2D eigenvalue weighted by molar-refractivity contribution is 6.22. The minimum atomic E-state index is 0.594. The van der Waals surface area contributed by atoms with Crippen LogP contribution < -0.4 is 0 Å². The molecule has 11 aromatic rings. The van der Waals surface area contributed by atoms with Crippen LogP contribution in [0.4, 0.5) is 0 Å². The molecule has 0 atom stereocenters. The molecular weight excluding hydrogens is 661 g/mol. The van der Waals surface area contributed by atoms with Gasteiger partial charge in [-0.1, -0.05) is 146 Å². The summed E-state index contributed by atoms with van der Waals surface area (Å²) in [6.45, 7) is 0. The first-order valence-electron chi connectivity index (χ1n) is 18.1. The van der Waals surface area contributed by atoms with E-state index in [-0.39, 0.29) is 0 Å². The normalized spacial score (nSPS) is 11.7. The van der Waals surface area contributed by atoms with Gasteiger partial charge in [-0.3, -0.25) is 0 Å².